The largest absolute Gasteiger partial charge is 0.396 e. The molecule has 0 spiro atoms. The van der Waals surface area contributed by atoms with Crippen molar-refractivity contribution in [3.8, 4) is 0 Å². The maximum atomic E-state index is 10.6. The lowest BCUT2D eigenvalue weighted by atomic mass is 10.4. The van der Waals surface area contributed by atoms with Crippen molar-refractivity contribution in [3.05, 3.63) is 27.4 Å². The Balaban J connectivity index is 2.96. The lowest BCUT2D eigenvalue weighted by Gasteiger charge is -2.00. The van der Waals surface area contributed by atoms with E-state index < -0.39 is 4.92 Å². The van der Waals surface area contributed by atoms with Gasteiger partial charge in [0.1, 0.15) is 0 Å². The third-order valence-corrected chi connectivity index (χ3v) is 2.51. The summed E-state index contributed by atoms with van der Waals surface area (Å²) in [6.07, 6.45) is 1.34. The Labute approximate surface area is 89.3 Å². The zero-order valence-corrected chi connectivity index (χ0v) is 8.59. The van der Waals surface area contributed by atoms with E-state index in [-0.39, 0.29) is 22.3 Å². The molecule has 76 valence electrons. The number of aromatic nitrogens is 1. The van der Waals surface area contributed by atoms with Crippen LogP contribution in [0, 0.1) is 10.1 Å². The third-order valence-electron chi connectivity index (χ3n) is 1.33. The fourth-order valence-corrected chi connectivity index (χ4v) is 1.65. The molecule has 1 N–H and O–H groups in total. The van der Waals surface area contributed by atoms with Gasteiger partial charge in [-0.1, -0.05) is 23.4 Å². The molecule has 0 atom stereocenters. The Morgan fingerprint density at radius 1 is 1.71 bits per heavy atom. The lowest BCUT2D eigenvalue weighted by molar-refractivity contribution is -0.388. The van der Waals surface area contributed by atoms with Gasteiger partial charge in [-0.15, -0.1) is 0 Å². The first kappa shape index (κ1) is 11.2. The van der Waals surface area contributed by atoms with Gasteiger partial charge in [0.25, 0.3) is 0 Å². The van der Waals surface area contributed by atoms with Gasteiger partial charge in [-0.05, 0) is 0 Å². The topological polar surface area (TPSA) is 76.3 Å². The Morgan fingerprint density at radius 3 is 3.00 bits per heavy atom. The van der Waals surface area contributed by atoms with Crippen molar-refractivity contribution >= 4 is 29.1 Å². The maximum Gasteiger partial charge on any atom is 0.302 e. The number of rotatable bonds is 4. The fraction of sp³-hybridized carbons (Fsp3) is 0.286. The van der Waals surface area contributed by atoms with E-state index in [4.69, 9.17) is 16.7 Å². The van der Waals surface area contributed by atoms with E-state index in [0.29, 0.717) is 5.75 Å². The SMILES string of the molecule is O=[N+]([O-])c1cc(Cl)cnc1SCCO. The van der Waals surface area contributed by atoms with Crippen LogP contribution < -0.4 is 0 Å². The Kier molecular flexibility index (Phi) is 4.12. The second-order valence-electron chi connectivity index (χ2n) is 2.31. The smallest absolute Gasteiger partial charge is 0.302 e. The molecule has 0 saturated heterocycles. The molecule has 7 heteroatoms. The molecule has 14 heavy (non-hydrogen) atoms. The summed E-state index contributed by atoms with van der Waals surface area (Å²) >= 11 is 6.69. The molecule has 0 aliphatic heterocycles. The molecule has 1 heterocycles. The number of pyridine rings is 1. The van der Waals surface area contributed by atoms with Gasteiger partial charge >= 0.3 is 5.69 Å². The third kappa shape index (κ3) is 2.83. The number of nitro groups is 1. The van der Waals surface area contributed by atoms with Crippen molar-refractivity contribution in [2.45, 2.75) is 5.03 Å². The summed E-state index contributed by atoms with van der Waals surface area (Å²) in [5, 5.41) is 19.6. The normalized spacial score (nSPS) is 10.1. The molecule has 0 aliphatic rings. The summed E-state index contributed by atoms with van der Waals surface area (Å²) in [7, 11) is 0. The minimum Gasteiger partial charge on any atom is -0.396 e. The maximum absolute atomic E-state index is 10.6. The van der Waals surface area contributed by atoms with E-state index in [2.05, 4.69) is 4.98 Å². The van der Waals surface area contributed by atoms with E-state index in [1.807, 2.05) is 0 Å². The molecule has 0 fully saturated rings. The van der Waals surface area contributed by atoms with E-state index in [0.717, 1.165) is 11.8 Å². The van der Waals surface area contributed by atoms with E-state index in [1.165, 1.54) is 12.3 Å². The number of halogens is 1. The predicted octanol–water partition coefficient (Wildman–Crippen LogP) is 1.73. The average Bonchev–Trinajstić information content (AvgIpc) is 2.15. The summed E-state index contributed by atoms with van der Waals surface area (Å²) in [6, 6.07) is 1.24. The standard InChI is InChI=1S/C7H7ClN2O3S/c8-5-3-6(10(12)13)7(9-4-5)14-2-1-11/h3-4,11H,1-2H2. The van der Waals surface area contributed by atoms with E-state index >= 15 is 0 Å². The van der Waals surface area contributed by atoms with E-state index in [1.54, 1.807) is 0 Å². The van der Waals surface area contributed by atoms with Crippen molar-refractivity contribution in [3.63, 3.8) is 0 Å². The summed E-state index contributed by atoms with van der Waals surface area (Å²) in [6.45, 7) is -0.0495. The van der Waals surface area contributed by atoms with Gasteiger partial charge in [-0.25, -0.2) is 4.98 Å². The highest BCUT2D eigenvalue weighted by molar-refractivity contribution is 7.99. The van der Waals surface area contributed by atoms with Gasteiger partial charge in [0.15, 0.2) is 5.03 Å². The molecule has 0 saturated carbocycles. The van der Waals surface area contributed by atoms with Crippen molar-refractivity contribution in [2.24, 2.45) is 0 Å². The zero-order valence-electron chi connectivity index (χ0n) is 7.01. The van der Waals surface area contributed by atoms with Crippen LogP contribution in [-0.4, -0.2) is 27.4 Å². The van der Waals surface area contributed by atoms with Crippen molar-refractivity contribution < 1.29 is 10.0 Å². The second kappa shape index (κ2) is 5.14. The van der Waals surface area contributed by atoms with Gasteiger partial charge in [-0.3, -0.25) is 10.1 Å². The first-order valence-corrected chi connectivity index (χ1v) is 5.05. The molecule has 1 rings (SSSR count). The molecule has 0 radical (unpaired) electrons. The molecule has 1 aromatic rings. The van der Waals surface area contributed by atoms with E-state index in [9.17, 15) is 10.1 Å². The quantitative estimate of drug-likeness (QED) is 0.488. The summed E-state index contributed by atoms with van der Waals surface area (Å²) in [4.78, 5) is 13.8. The van der Waals surface area contributed by atoms with Gasteiger partial charge in [0.2, 0.25) is 0 Å². The highest BCUT2D eigenvalue weighted by atomic mass is 35.5. The second-order valence-corrected chi connectivity index (χ2v) is 3.83. The number of aliphatic hydroxyl groups is 1. The molecule has 0 amide bonds. The summed E-state index contributed by atoms with van der Waals surface area (Å²) in [5.74, 6) is 0.371. The Bertz CT molecular complexity index is 348. The van der Waals surface area contributed by atoms with Crippen molar-refractivity contribution in [1.82, 2.24) is 4.98 Å². The minimum atomic E-state index is -0.543. The van der Waals surface area contributed by atoms with Crippen LogP contribution >= 0.6 is 23.4 Å². The van der Waals surface area contributed by atoms with Crippen LogP contribution in [0.15, 0.2) is 17.3 Å². The van der Waals surface area contributed by atoms with Crippen LogP contribution in [-0.2, 0) is 0 Å². The number of thioether (sulfide) groups is 1. The average molecular weight is 235 g/mol. The van der Waals surface area contributed by atoms with Gasteiger partial charge in [-0.2, -0.15) is 0 Å². The molecule has 1 aromatic heterocycles. The van der Waals surface area contributed by atoms with Crippen molar-refractivity contribution in [1.29, 1.82) is 0 Å². The Morgan fingerprint density at radius 2 is 2.43 bits per heavy atom. The first-order valence-electron chi connectivity index (χ1n) is 3.68. The zero-order chi connectivity index (χ0) is 10.6. The number of hydrogen-bond acceptors (Lipinski definition) is 5. The molecule has 0 unspecified atom stereocenters. The number of aliphatic hydroxyl groups excluding tert-OH is 1. The van der Waals surface area contributed by atoms with Gasteiger partial charge < -0.3 is 5.11 Å². The van der Waals surface area contributed by atoms with Crippen LogP contribution in [0.2, 0.25) is 5.02 Å². The predicted molar refractivity (Wildman–Crippen MR) is 53.7 cm³/mol. The fourth-order valence-electron chi connectivity index (χ4n) is 0.800. The van der Waals surface area contributed by atoms with Gasteiger partial charge in [0, 0.05) is 18.0 Å². The molecular formula is C7H7ClN2O3S. The summed E-state index contributed by atoms with van der Waals surface area (Å²) < 4.78 is 0. The molecule has 0 bridgehead atoms. The highest BCUT2D eigenvalue weighted by Crippen LogP contribution is 2.28. The molecule has 0 aromatic carbocycles. The van der Waals surface area contributed by atoms with Gasteiger partial charge in [0.05, 0.1) is 16.6 Å². The van der Waals surface area contributed by atoms with Crippen LogP contribution in [0.3, 0.4) is 0 Å². The van der Waals surface area contributed by atoms with Crippen LogP contribution in [0.4, 0.5) is 5.69 Å². The molecule has 5 nitrogen and oxygen atoms in total. The van der Waals surface area contributed by atoms with Crippen LogP contribution in [0.25, 0.3) is 0 Å². The monoisotopic (exact) mass is 234 g/mol. The Hall–Kier alpha value is -0.850. The molecular weight excluding hydrogens is 228 g/mol. The molecule has 0 aliphatic carbocycles. The minimum absolute atomic E-state index is 0.0495. The van der Waals surface area contributed by atoms with Crippen molar-refractivity contribution in [2.75, 3.05) is 12.4 Å². The lowest BCUT2D eigenvalue weighted by Crippen LogP contribution is -1.95. The van der Waals surface area contributed by atoms with Crippen LogP contribution in [0.1, 0.15) is 0 Å². The number of nitrogens with zero attached hydrogens (tertiary/aromatic N) is 2. The summed E-state index contributed by atoms with van der Waals surface area (Å²) in [5.41, 5.74) is -0.129. The highest BCUT2D eigenvalue weighted by Gasteiger charge is 2.15. The van der Waals surface area contributed by atoms with Crippen LogP contribution in [0.5, 0.6) is 0 Å². The number of hydrogen-bond donors (Lipinski definition) is 1. The first-order chi connectivity index (χ1) is 6.65.